The van der Waals surface area contributed by atoms with Crippen LogP contribution in [0.5, 0.6) is 0 Å². The SMILES string of the molecule is NCC1CCCCN1c1nccc(-c2ccoc2)n1. The molecule has 0 aliphatic carbocycles. The van der Waals surface area contributed by atoms with Crippen LogP contribution >= 0.6 is 0 Å². The fourth-order valence-corrected chi connectivity index (χ4v) is 2.57. The van der Waals surface area contributed by atoms with Crippen molar-refractivity contribution >= 4 is 5.95 Å². The summed E-state index contributed by atoms with van der Waals surface area (Å²) in [6, 6.07) is 4.16. The largest absolute Gasteiger partial charge is 0.472 e. The lowest BCUT2D eigenvalue weighted by Crippen LogP contribution is -2.45. The number of piperidine rings is 1. The minimum absolute atomic E-state index is 0.355. The van der Waals surface area contributed by atoms with Crippen LogP contribution in [0.25, 0.3) is 11.3 Å². The van der Waals surface area contributed by atoms with E-state index in [0.717, 1.165) is 30.2 Å². The third-order valence-electron chi connectivity index (χ3n) is 3.62. The first kappa shape index (κ1) is 12.2. The van der Waals surface area contributed by atoms with Gasteiger partial charge in [0, 0.05) is 30.9 Å². The van der Waals surface area contributed by atoms with E-state index in [1.165, 1.54) is 12.8 Å². The number of furan rings is 1. The molecule has 100 valence electrons. The van der Waals surface area contributed by atoms with Gasteiger partial charge in [0.2, 0.25) is 5.95 Å². The first-order chi connectivity index (χ1) is 9.38. The standard InChI is InChI=1S/C14H18N4O/c15-9-12-3-1-2-7-18(12)14-16-6-4-13(17-14)11-5-8-19-10-11/h4-6,8,10,12H,1-3,7,9,15H2. The van der Waals surface area contributed by atoms with Crippen molar-refractivity contribution in [3.05, 3.63) is 30.9 Å². The molecule has 5 heteroatoms. The summed E-state index contributed by atoms with van der Waals surface area (Å²) in [5, 5.41) is 0. The van der Waals surface area contributed by atoms with Crippen LogP contribution in [-0.2, 0) is 0 Å². The molecule has 1 aliphatic rings. The van der Waals surface area contributed by atoms with Crippen molar-refractivity contribution in [2.75, 3.05) is 18.0 Å². The molecule has 0 bridgehead atoms. The zero-order chi connectivity index (χ0) is 13.1. The van der Waals surface area contributed by atoms with E-state index in [-0.39, 0.29) is 0 Å². The van der Waals surface area contributed by atoms with Gasteiger partial charge in [0.15, 0.2) is 0 Å². The summed E-state index contributed by atoms with van der Waals surface area (Å²) in [6.07, 6.45) is 8.68. The molecule has 0 aromatic carbocycles. The van der Waals surface area contributed by atoms with Gasteiger partial charge in [-0.3, -0.25) is 0 Å². The first-order valence-electron chi connectivity index (χ1n) is 6.71. The number of rotatable bonds is 3. The molecule has 1 unspecified atom stereocenters. The first-order valence-corrected chi connectivity index (χ1v) is 6.71. The predicted molar refractivity (Wildman–Crippen MR) is 73.8 cm³/mol. The maximum Gasteiger partial charge on any atom is 0.226 e. The van der Waals surface area contributed by atoms with Crippen LogP contribution in [0, 0.1) is 0 Å². The maximum atomic E-state index is 5.85. The normalized spacial score (nSPS) is 19.6. The van der Waals surface area contributed by atoms with E-state index in [0.29, 0.717) is 12.6 Å². The van der Waals surface area contributed by atoms with Gasteiger partial charge in [-0.25, -0.2) is 9.97 Å². The van der Waals surface area contributed by atoms with E-state index < -0.39 is 0 Å². The van der Waals surface area contributed by atoms with Crippen molar-refractivity contribution in [1.29, 1.82) is 0 Å². The van der Waals surface area contributed by atoms with E-state index in [2.05, 4.69) is 14.9 Å². The second-order valence-electron chi connectivity index (χ2n) is 4.83. The summed E-state index contributed by atoms with van der Waals surface area (Å²) in [6.45, 7) is 1.63. The zero-order valence-electron chi connectivity index (χ0n) is 10.8. The van der Waals surface area contributed by atoms with Gasteiger partial charge in [0.05, 0.1) is 18.2 Å². The summed E-state index contributed by atoms with van der Waals surface area (Å²) in [4.78, 5) is 11.3. The topological polar surface area (TPSA) is 68.2 Å². The maximum absolute atomic E-state index is 5.85. The Bertz CT molecular complexity index is 526. The Hall–Kier alpha value is -1.88. The third kappa shape index (κ3) is 2.46. The zero-order valence-corrected chi connectivity index (χ0v) is 10.8. The molecule has 1 fully saturated rings. The van der Waals surface area contributed by atoms with Crippen molar-refractivity contribution < 1.29 is 4.42 Å². The van der Waals surface area contributed by atoms with Crippen LogP contribution in [0.2, 0.25) is 0 Å². The Morgan fingerprint density at radius 2 is 2.32 bits per heavy atom. The Morgan fingerprint density at radius 1 is 1.37 bits per heavy atom. The quantitative estimate of drug-likeness (QED) is 0.912. The molecule has 1 saturated heterocycles. The summed E-state index contributed by atoms with van der Waals surface area (Å²) >= 11 is 0. The van der Waals surface area contributed by atoms with Gasteiger partial charge in [0.1, 0.15) is 0 Å². The lowest BCUT2D eigenvalue weighted by atomic mass is 10.0. The number of hydrogen-bond donors (Lipinski definition) is 1. The van der Waals surface area contributed by atoms with Crippen LogP contribution in [0.4, 0.5) is 5.95 Å². The highest BCUT2D eigenvalue weighted by Crippen LogP contribution is 2.24. The Morgan fingerprint density at radius 3 is 3.11 bits per heavy atom. The lowest BCUT2D eigenvalue weighted by molar-refractivity contribution is 0.458. The molecule has 19 heavy (non-hydrogen) atoms. The molecular weight excluding hydrogens is 240 g/mol. The van der Waals surface area contributed by atoms with Crippen molar-refractivity contribution in [3.63, 3.8) is 0 Å². The Labute approximate surface area is 112 Å². The molecule has 1 aliphatic heterocycles. The van der Waals surface area contributed by atoms with Crippen LogP contribution in [-0.4, -0.2) is 29.1 Å². The van der Waals surface area contributed by atoms with Crippen LogP contribution in [0.1, 0.15) is 19.3 Å². The average molecular weight is 258 g/mol. The van der Waals surface area contributed by atoms with Gasteiger partial charge in [0.25, 0.3) is 0 Å². The highest BCUT2D eigenvalue weighted by atomic mass is 16.3. The van der Waals surface area contributed by atoms with Crippen LogP contribution in [0.3, 0.4) is 0 Å². The van der Waals surface area contributed by atoms with E-state index >= 15 is 0 Å². The molecule has 0 amide bonds. The second-order valence-corrected chi connectivity index (χ2v) is 4.83. The Kier molecular flexibility index (Phi) is 3.46. The molecule has 1 atom stereocenters. The molecule has 0 saturated carbocycles. The molecule has 3 heterocycles. The highest BCUT2D eigenvalue weighted by Gasteiger charge is 2.23. The van der Waals surface area contributed by atoms with Crippen LogP contribution < -0.4 is 10.6 Å². The molecular formula is C14H18N4O. The number of anilines is 1. The minimum atomic E-state index is 0.355. The van der Waals surface area contributed by atoms with Crippen molar-refractivity contribution in [1.82, 2.24) is 9.97 Å². The van der Waals surface area contributed by atoms with Gasteiger partial charge in [-0.2, -0.15) is 0 Å². The lowest BCUT2D eigenvalue weighted by Gasteiger charge is -2.35. The summed E-state index contributed by atoms with van der Waals surface area (Å²) in [5.74, 6) is 0.772. The fraction of sp³-hybridized carbons (Fsp3) is 0.429. The van der Waals surface area contributed by atoms with Gasteiger partial charge in [-0.15, -0.1) is 0 Å². The molecule has 5 nitrogen and oxygen atoms in total. The molecule has 0 radical (unpaired) electrons. The fourth-order valence-electron chi connectivity index (χ4n) is 2.57. The van der Waals surface area contributed by atoms with E-state index in [4.69, 9.17) is 10.2 Å². The van der Waals surface area contributed by atoms with E-state index in [1.807, 2.05) is 12.1 Å². The molecule has 2 N–H and O–H groups in total. The second kappa shape index (κ2) is 5.40. The Balaban J connectivity index is 1.90. The molecule has 3 rings (SSSR count). The minimum Gasteiger partial charge on any atom is -0.472 e. The van der Waals surface area contributed by atoms with Crippen molar-refractivity contribution in [2.45, 2.75) is 25.3 Å². The number of nitrogens with zero attached hydrogens (tertiary/aromatic N) is 3. The van der Waals surface area contributed by atoms with E-state index in [9.17, 15) is 0 Å². The van der Waals surface area contributed by atoms with Gasteiger partial charge in [-0.05, 0) is 31.4 Å². The van der Waals surface area contributed by atoms with Gasteiger partial charge >= 0.3 is 0 Å². The predicted octanol–water partition coefficient (Wildman–Crippen LogP) is 2.05. The van der Waals surface area contributed by atoms with Gasteiger partial charge in [-0.1, -0.05) is 0 Å². The summed E-state index contributed by atoms with van der Waals surface area (Å²) < 4.78 is 5.10. The van der Waals surface area contributed by atoms with Crippen molar-refractivity contribution in [2.24, 2.45) is 5.73 Å². The van der Waals surface area contributed by atoms with Crippen molar-refractivity contribution in [3.8, 4) is 11.3 Å². The monoisotopic (exact) mass is 258 g/mol. The molecule has 2 aromatic heterocycles. The summed E-state index contributed by atoms with van der Waals surface area (Å²) in [7, 11) is 0. The highest BCUT2D eigenvalue weighted by molar-refractivity contribution is 5.58. The number of hydrogen-bond acceptors (Lipinski definition) is 5. The van der Waals surface area contributed by atoms with E-state index in [1.54, 1.807) is 18.7 Å². The van der Waals surface area contributed by atoms with Crippen LogP contribution in [0.15, 0.2) is 35.3 Å². The average Bonchev–Trinajstić information content (AvgIpc) is 3.01. The third-order valence-corrected chi connectivity index (χ3v) is 3.62. The van der Waals surface area contributed by atoms with Gasteiger partial charge < -0.3 is 15.1 Å². The number of aromatic nitrogens is 2. The summed E-state index contributed by atoms with van der Waals surface area (Å²) in [5.41, 5.74) is 7.72. The smallest absolute Gasteiger partial charge is 0.226 e. The molecule has 2 aromatic rings. The number of nitrogens with two attached hydrogens (primary N) is 1. The molecule has 0 spiro atoms.